The zero-order valence-corrected chi connectivity index (χ0v) is 14.0. The highest BCUT2D eigenvalue weighted by Gasteiger charge is 2.50. The Hall–Kier alpha value is -2.47. The molecule has 2 fully saturated rings. The van der Waals surface area contributed by atoms with Gasteiger partial charge < -0.3 is 15.4 Å². The van der Waals surface area contributed by atoms with Crippen molar-refractivity contribution in [3.63, 3.8) is 0 Å². The first kappa shape index (κ1) is 14.8. The number of nitrogens with two attached hydrogens (primary N) is 1. The van der Waals surface area contributed by atoms with E-state index in [0.29, 0.717) is 11.0 Å². The number of hydrogen-bond donors (Lipinski definition) is 1. The van der Waals surface area contributed by atoms with Gasteiger partial charge in [0.15, 0.2) is 0 Å². The van der Waals surface area contributed by atoms with Gasteiger partial charge in [-0.05, 0) is 31.4 Å². The number of nitrogens with zero attached hydrogens (tertiary/aromatic N) is 3. The minimum Gasteiger partial charge on any atom is -0.380 e. The lowest BCUT2D eigenvalue weighted by molar-refractivity contribution is -0.127. The van der Waals surface area contributed by atoms with Crippen molar-refractivity contribution in [2.24, 2.45) is 11.1 Å². The maximum absolute atomic E-state index is 11.3. The van der Waals surface area contributed by atoms with Crippen molar-refractivity contribution in [1.29, 1.82) is 0 Å². The van der Waals surface area contributed by atoms with E-state index in [1.807, 2.05) is 12.1 Å². The first-order valence-electron chi connectivity index (χ1n) is 8.76. The minimum absolute atomic E-state index is 0.339. The van der Waals surface area contributed by atoms with Gasteiger partial charge in [0.2, 0.25) is 11.9 Å². The van der Waals surface area contributed by atoms with Gasteiger partial charge in [-0.3, -0.25) is 4.79 Å². The van der Waals surface area contributed by atoms with Crippen molar-refractivity contribution in [1.82, 2.24) is 9.97 Å². The topological polar surface area (TPSA) is 81.3 Å². The first-order chi connectivity index (χ1) is 12.1. The predicted octanol–water partition coefficient (Wildman–Crippen LogP) is 1.57. The van der Waals surface area contributed by atoms with E-state index in [9.17, 15) is 4.79 Å². The SMILES string of the molecule is NC(=O)c1ccc(-c2nc(N3CC4(COC4)C3)nc3c2CCC3)cc1. The minimum atomic E-state index is -0.409. The van der Waals surface area contributed by atoms with E-state index in [4.69, 9.17) is 20.4 Å². The molecule has 0 saturated carbocycles. The van der Waals surface area contributed by atoms with Crippen molar-refractivity contribution in [2.75, 3.05) is 31.2 Å². The van der Waals surface area contributed by atoms with Crippen molar-refractivity contribution in [2.45, 2.75) is 19.3 Å². The molecule has 1 aliphatic carbocycles. The van der Waals surface area contributed by atoms with Gasteiger partial charge >= 0.3 is 0 Å². The third kappa shape index (κ3) is 2.32. The molecule has 0 unspecified atom stereocenters. The highest BCUT2D eigenvalue weighted by Crippen LogP contribution is 2.40. The molecule has 1 aromatic carbocycles. The number of carbonyl (C=O) groups excluding carboxylic acids is 1. The Morgan fingerprint density at radius 1 is 1.12 bits per heavy atom. The summed E-state index contributed by atoms with van der Waals surface area (Å²) in [5.74, 6) is 0.418. The molecule has 0 atom stereocenters. The van der Waals surface area contributed by atoms with Crippen molar-refractivity contribution >= 4 is 11.9 Å². The molecule has 6 heteroatoms. The van der Waals surface area contributed by atoms with Crippen molar-refractivity contribution in [3.05, 3.63) is 41.1 Å². The van der Waals surface area contributed by atoms with Gasteiger partial charge in [-0.25, -0.2) is 9.97 Å². The maximum atomic E-state index is 11.3. The number of anilines is 1. The van der Waals surface area contributed by atoms with E-state index in [-0.39, 0.29) is 0 Å². The Kier molecular flexibility index (Phi) is 3.12. The summed E-state index contributed by atoms with van der Waals surface area (Å²) in [6, 6.07) is 7.40. The Morgan fingerprint density at radius 2 is 1.88 bits per heavy atom. The molecule has 5 rings (SSSR count). The molecule has 2 aliphatic heterocycles. The zero-order valence-electron chi connectivity index (χ0n) is 14.0. The number of rotatable bonds is 3. The summed E-state index contributed by atoms with van der Waals surface area (Å²) in [7, 11) is 0. The van der Waals surface area contributed by atoms with E-state index in [0.717, 1.165) is 62.8 Å². The van der Waals surface area contributed by atoms with Crippen LogP contribution < -0.4 is 10.6 Å². The molecule has 25 heavy (non-hydrogen) atoms. The van der Waals surface area contributed by atoms with Gasteiger partial charge in [0.25, 0.3) is 0 Å². The molecule has 128 valence electrons. The molecule has 2 aromatic rings. The van der Waals surface area contributed by atoms with Crippen LogP contribution >= 0.6 is 0 Å². The van der Waals surface area contributed by atoms with Crippen LogP contribution in [0.25, 0.3) is 11.3 Å². The van der Waals surface area contributed by atoms with Gasteiger partial charge in [-0.15, -0.1) is 0 Å². The summed E-state index contributed by atoms with van der Waals surface area (Å²) in [5.41, 5.74) is 10.6. The number of fused-ring (bicyclic) bond motifs is 1. The Morgan fingerprint density at radius 3 is 2.52 bits per heavy atom. The second-order valence-electron chi connectivity index (χ2n) is 7.44. The van der Waals surface area contributed by atoms with Crippen LogP contribution in [0.5, 0.6) is 0 Å². The zero-order chi connectivity index (χ0) is 17.0. The molecule has 6 nitrogen and oxygen atoms in total. The standard InChI is InChI=1S/C19H20N4O2/c20-17(24)13-6-4-12(5-7-13)16-14-2-1-3-15(14)21-18(22-16)23-8-19(9-23)10-25-11-19/h4-7H,1-3,8-11H2,(H2,20,24). The van der Waals surface area contributed by atoms with Crippen molar-refractivity contribution < 1.29 is 9.53 Å². The predicted molar refractivity (Wildman–Crippen MR) is 93.5 cm³/mol. The second-order valence-corrected chi connectivity index (χ2v) is 7.44. The molecule has 0 radical (unpaired) electrons. The fourth-order valence-electron chi connectivity index (χ4n) is 4.07. The average molecular weight is 336 g/mol. The molecule has 3 heterocycles. The quantitative estimate of drug-likeness (QED) is 0.920. The van der Waals surface area contributed by atoms with Crippen LogP contribution in [-0.2, 0) is 17.6 Å². The van der Waals surface area contributed by atoms with Crippen LogP contribution in [0.4, 0.5) is 5.95 Å². The van der Waals surface area contributed by atoms with Gasteiger partial charge in [0, 0.05) is 35.5 Å². The maximum Gasteiger partial charge on any atom is 0.248 e. The molecule has 1 amide bonds. The smallest absolute Gasteiger partial charge is 0.248 e. The van der Waals surface area contributed by atoms with Crippen molar-refractivity contribution in [3.8, 4) is 11.3 Å². The molecule has 2 N–H and O–H groups in total. The average Bonchev–Trinajstić information content (AvgIpc) is 3.00. The van der Waals surface area contributed by atoms with Gasteiger partial charge in [-0.1, -0.05) is 12.1 Å². The summed E-state index contributed by atoms with van der Waals surface area (Å²) in [5, 5.41) is 0. The molecule has 3 aliphatic rings. The van der Waals surface area contributed by atoms with Crippen LogP contribution in [0.15, 0.2) is 24.3 Å². The fraction of sp³-hybridized carbons (Fsp3) is 0.421. The highest BCUT2D eigenvalue weighted by atomic mass is 16.5. The number of primary amides is 1. The molecular formula is C19H20N4O2. The summed E-state index contributed by atoms with van der Waals surface area (Å²) >= 11 is 0. The molecule has 1 aromatic heterocycles. The summed E-state index contributed by atoms with van der Waals surface area (Å²) < 4.78 is 5.36. The summed E-state index contributed by atoms with van der Waals surface area (Å²) in [6.45, 7) is 3.67. The van der Waals surface area contributed by atoms with E-state index in [1.165, 1.54) is 11.3 Å². The van der Waals surface area contributed by atoms with Crippen LogP contribution in [0.2, 0.25) is 0 Å². The number of aromatic nitrogens is 2. The Bertz CT molecular complexity index is 850. The first-order valence-corrected chi connectivity index (χ1v) is 8.76. The fourth-order valence-corrected chi connectivity index (χ4v) is 4.07. The van der Waals surface area contributed by atoms with E-state index in [1.54, 1.807) is 12.1 Å². The van der Waals surface area contributed by atoms with E-state index < -0.39 is 5.91 Å². The number of carbonyl (C=O) groups is 1. The van der Waals surface area contributed by atoms with Gasteiger partial charge in [0.1, 0.15) is 0 Å². The van der Waals surface area contributed by atoms with E-state index >= 15 is 0 Å². The number of benzene rings is 1. The lowest BCUT2D eigenvalue weighted by atomic mass is 9.78. The van der Waals surface area contributed by atoms with Crippen LogP contribution in [0, 0.1) is 5.41 Å². The number of aryl methyl sites for hydroxylation is 1. The highest BCUT2D eigenvalue weighted by molar-refractivity contribution is 5.93. The Balaban J connectivity index is 1.51. The van der Waals surface area contributed by atoms with Gasteiger partial charge in [0.05, 0.1) is 24.3 Å². The second kappa shape index (κ2) is 5.26. The molecular weight excluding hydrogens is 316 g/mol. The largest absolute Gasteiger partial charge is 0.380 e. The Labute approximate surface area is 146 Å². The summed E-state index contributed by atoms with van der Waals surface area (Å²) in [6.07, 6.45) is 3.15. The van der Waals surface area contributed by atoms with Crippen LogP contribution in [0.3, 0.4) is 0 Å². The number of hydrogen-bond acceptors (Lipinski definition) is 5. The normalized spacial score (nSPS) is 20.1. The summed E-state index contributed by atoms with van der Waals surface area (Å²) in [4.78, 5) is 23.3. The van der Waals surface area contributed by atoms with Gasteiger partial charge in [-0.2, -0.15) is 0 Å². The third-order valence-electron chi connectivity index (χ3n) is 5.52. The number of ether oxygens (including phenoxy) is 1. The van der Waals surface area contributed by atoms with Crippen LogP contribution in [0.1, 0.15) is 28.0 Å². The van der Waals surface area contributed by atoms with E-state index in [2.05, 4.69) is 4.90 Å². The molecule has 0 bridgehead atoms. The third-order valence-corrected chi connectivity index (χ3v) is 5.52. The lowest BCUT2D eigenvalue weighted by Crippen LogP contribution is -2.66. The van der Waals surface area contributed by atoms with Crippen LogP contribution in [-0.4, -0.2) is 42.2 Å². The molecule has 1 spiro atoms. The lowest BCUT2D eigenvalue weighted by Gasteiger charge is -2.55. The molecule has 2 saturated heterocycles. The number of amides is 1. The monoisotopic (exact) mass is 336 g/mol.